The summed E-state index contributed by atoms with van der Waals surface area (Å²) < 4.78 is 5.06. The molecule has 2 unspecified atom stereocenters. The Hall–Kier alpha value is -0.570. The first-order chi connectivity index (χ1) is 6.29. The second-order valence-electron chi connectivity index (χ2n) is 3.61. The predicted molar refractivity (Wildman–Crippen MR) is 51.4 cm³/mol. The Morgan fingerprint density at radius 1 is 1.54 bits per heavy atom. The summed E-state index contributed by atoms with van der Waals surface area (Å²) in [5.41, 5.74) is 0. The number of hydrogen-bond acceptors (Lipinski definition) is 2. The van der Waals surface area contributed by atoms with Crippen LogP contribution in [0.15, 0.2) is 0 Å². The van der Waals surface area contributed by atoms with E-state index in [-0.39, 0.29) is 17.9 Å². The van der Waals surface area contributed by atoms with Crippen LogP contribution >= 0.6 is 0 Å². The number of amides is 1. The third-order valence-electron chi connectivity index (χ3n) is 2.45. The molecule has 0 aliphatic heterocycles. The van der Waals surface area contributed by atoms with Crippen molar-refractivity contribution in [1.29, 1.82) is 0 Å². The van der Waals surface area contributed by atoms with E-state index in [1.807, 2.05) is 0 Å². The van der Waals surface area contributed by atoms with Gasteiger partial charge < -0.3 is 10.1 Å². The van der Waals surface area contributed by atoms with Crippen molar-refractivity contribution in [2.75, 3.05) is 13.7 Å². The standard InChI is InChI=1S/C10H19NO2/c1-3-4-5-6-11-10(12)8-7-9(8)13-2/h8-9H,3-7H2,1-2H3,(H,11,12). The molecule has 1 rings (SSSR count). The van der Waals surface area contributed by atoms with Gasteiger partial charge in [-0.25, -0.2) is 0 Å². The summed E-state index contributed by atoms with van der Waals surface area (Å²) >= 11 is 0. The molecule has 0 aromatic heterocycles. The van der Waals surface area contributed by atoms with Crippen molar-refractivity contribution in [2.24, 2.45) is 5.92 Å². The molecule has 0 bridgehead atoms. The molecule has 3 nitrogen and oxygen atoms in total. The summed E-state index contributed by atoms with van der Waals surface area (Å²) in [6.07, 6.45) is 4.56. The Bertz CT molecular complexity index is 170. The zero-order chi connectivity index (χ0) is 9.68. The number of hydrogen-bond donors (Lipinski definition) is 1. The van der Waals surface area contributed by atoms with Crippen molar-refractivity contribution >= 4 is 5.91 Å². The van der Waals surface area contributed by atoms with Crippen LogP contribution in [0.3, 0.4) is 0 Å². The molecule has 0 spiro atoms. The highest BCUT2D eigenvalue weighted by atomic mass is 16.5. The summed E-state index contributed by atoms with van der Waals surface area (Å²) in [5.74, 6) is 0.301. The quantitative estimate of drug-likeness (QED) is 0.634. The third kappa shape index (κ3) is 3.35. The molecule has 13 heavy (non-hydrogen) atoms. The van der Waals surface area contributed by atoms with Gasteiger partial charge in [0.05, 0.1) is 12.0 Å². The van der Waals surface area contributed by atoms with Gasteiger partial charge in [0.2, 0.25) is 5.91 Å². The lowest BCUT2D eigenvalue weighted by Gasteiger charge is -2.03. The van der Waals surface area contributed by atoms with Crippen molar-refractivity contribution in [2.45, 2.75) is 38.7 Å². The van der Waals surface area contributed by atoms with Crippen LogP contribution in [0, 0.1) is 5.92 Å². The maximum Gasteiger partial charge on any atom is 0.225 e. The van der Waals surface area contributed by atoms with Crippen LogP contribution in [0.5, 0.6) is 0 Å². The molecule has 3 heteroatoms. The Balaban J connectivity index is 1.99. The second-order valence-corrected chi connectivity index (χ2v) is 3.61. The molecule has 0 heterocycles. The first-order valence-electron chi connectivity index (χ1n) is 5.10. The van der Waals surface area contributed by atoms with E-state index < -0.39 is 0 Å². The van der Waals surface area contributed by atoms with Gasteiger partial charge in [-0.2, -0.15) is 0 Å². The zero-order valence-electron chi connectivity index (χ0n) is 8.51. The van der Waals surface area contributed by atoms with Gasteiger partial charge in [-0.15, -0.1) is 0 Å². The molecule has 1 saturated carbocycles. The van der Waals surface area contributed by atoms with E-state index in [4.69, 9.17) is 4.74 Å². The summed E-state index contributed by atoms with van der Waals surface area (Å²) in [5, 5.41) is 2.92. The summed E-state index contributed by atoms with van der Waals surface area (Å²) in [4.78, 5) is 11.3. The van der Waals surface area contributed by atoms with E-state index in [1.54, 1.807) is 7.11 Å². The van der Waals surface area contributed by atoms with Gasteiger partial charge in [-0.1, -0.05) is 19.8 Å². The highest BCUT2D eigenvalue weighted by Gasteiger charge is 2.43. The van der Waals surface area contributed by atoms with Gasteiger partial charge in [0, 0.05) is 13.7 Å². The van der Waals surface area contributed by atoms with Gasteiger partial charge in [0.25, 0.3) is 0 Å². The smallest absolute Gasteiger partial charge is 0.225 e. The van der Waals surface area contributed by atoms with Gasteiger partial charge in [0.1, 0.15) is 0 Å². The topological polar surface area (TPSA) is 38.3 Å². The molecular weight excluding hydrogens is 166 g/mol. The number of methoxy groups -OCH3 is 1. The summed E-state index contributed by atoms with van der Waals surface area (Å²) in [7, 11) is 1.66. The summed E-state index contributed by atoms with van der Waals surface area (Å²) in [6.45, 7) is 2.98. The molecule has 0 saturated heterocycles. The molecule has 1 fully saturated rings. The molecule has 0 radical (unpaired) electrons. The van der Waals surface area contributed by atoms with Gasteiger partial charge in [-0.3, -0.25) is 4.79 Å². The Kier molecular flexibility index (Phi) is 4.22. The van der Waals surface area contributed by atoms with Crippen LogP contribution in [-0.4, -0.2) is 25.7 Å². The van der Waals surface area contributed by atoms with E-state index in [9.17, 15) is 4.79 Å². The van der Waals surface area contributed by atoms with Crippen molar-refractivity contribution in [3.8, 4) is 0 Å². The highest BCUT2D eigenvalue weighted by molar-refractivity contribution is 5.81. The Morgan fingerprint density at radius 3 is 2.85 bits per heavy atom. The van der Waals surface area contributed by atoms with Crippen LogP contribution in [0.4, 0.5) is 0 Å². The Morgan fingerprint density at radius 2 is 2.31 bits per heavy atom. The van der Waals surface area contributed by atoms with Gasteiger partial charge in [0.15, 0.2) is 0 Å². The fraction of sp³-hybridized carbons (Fsp3) is 0.900. The minimum Gasteiger partial charge on any atom is -0.381 e. The average Bonchev–Trinajstić information content (AvgIpc) is 2.91. The van der Waals surface area contributed by atoms with E-state index in [2.05, 4.69) is 12.2 Å². The number of carbonyl (C=O) groups excluding carboxylic acids is 1. The number of rotatable bonds is 6. The lowest BCUT2D eigenvalue weighted by atomic mass is 10.2. The molecule has 1 aliphatic carbocycles. The fourth-order valence-electron chi connectivity index (χ4n) is 1.43. The first-order valence-corrected chi connectivity index (χ1v) is 5.10. The molecule has 1 N–H and O–H groups in total. The van der Waals surface area contributed by atoms with Crippen molar-refractivity contribution in [3.63, 3.8) is 0 Å². The predicted octanol–water partition coefficient (Wildman–Crippen LogP) is 1.33. The van der Waals surface area contributed by atoms with Gasteiger partial charge in [-0.05, 0) is 12.8 Å². The average molecular weight is 185 g/mol. The SMILES string of the molecule is CCCCCNC(=O)C1CC1OC. The third-order valence-corrected chi connectivity index (χ3v) is 2.45. The first kappa shape index (κ1) is 10.5. The zero-order valence-corrected chi connectivity index (χ0v) is 8.51. The van der Waals surface area contributed by atoms with Crippen LogP contribution < -0.4 is 5.32 Å². The molecule has 2 atom stereocenters. The monoisotopic (exact) mass is 185 g/mol. The maximum atomic E-state index is 11.3. The van der Waals surface area contributed by atoms with Crippen LogP contribution in [0.2, 0.25) is 0 Å². The number of carbonyl (C=O) groups is 1. The van der Waals surface area contributed by atoms with Crippen LogP contribution in [-0.2, 0) is 9.53 Å². The Labute approximate surface area is 79.8 Å². The minimum atomic E-state index is 0.131. The number of nitrogens with one attached hydrogen (secondary N) is 1. The van der Waals surface area contributed by atoms with Crippen LogP contribution in [0.25, 0.3) is 0 Å². The van der Waals surface area contributed by atoms with Crippen LogP contribution in [0.1, 0.15) is 32.6 Å². The fourth-order valence-corrected chi connectivity index (χ4v) is 1.43. The molecule has 76 valence electrons. The number of ether oxygens (including phenoxy) is 1. The molecule has 1 amide bonds. The van der Waals surface area contributed by atoms with Crippen molar-refractivity contribution in [3.05, 3.63) is 0 Å². The van der Waals surface area contributed by atoms with Gasteiger partial charge >= 0.3 is 0 Å². The molecular formula is C10H19NO2. The van der Waals surface area contributed by atoms with E-state index >= 15 is 0 Å². The van der Waals surface area contributed by atoms with E-state index in [0.717, 1.165) is 19.4 Å². The highest BCUT2D eigenvalue weighted by Crippen LogP contribution is 2.32. The summed E-state index contributed by atoms with van der Waals surface area (Å²) in [6, 6.07) is 0. The van der Waals surface area contributed by atoms with Crippen molar-refractivity contribution < 1.29 is 9.53 Å². The second kappa shape index (κ2) is 5.22. The van der Waals surface area contributed by atoms with E-state index in [1.165, 1.54) is 12.8 Å². The molecule has 1 aliphatic rings. The molecule has 0 aromatic rings. The lowest BCUT2D eigenvalue weighted by molar-refractivity contribution is -0.123. The van der Waals surface area contributed by atoms with Crippen molar-refractivity contribution in [1.82, 2.24) is 5.32 Å². The number of unbranched alkanes of at least 4 members (excludes halogenated alkanes) is 2. The maximum absolute atomic E-state index is 11.3. The normalized spacial score (nSPS) is 25.7. The van der Waals surface area contributed by atoms with E-state index in [0.29, 0.717) is 0 Å². The molecule has 0 aromatic carbocycles. The largest absolute Gasteiger partial charge is 0.381 e. The minimum absolute atomic E-state index is 0.131. The lowest BCUT2D eigenvalue weighted by Crippen LogP contribution is -2.27.